The first kappa shape index (κ1) is 17.4. The summed E-state index contributed by atoms with van der Waals surface area (Å²) in [6.07, 6.45) is 1.33. The molecule has 2 rings (SSSR count). The largest absolute Gasteiger partial charge is 0.381 e. The molecule has 124 valence electrons. The molecule has 1 aromatic carbocycles. The molecule has 4 unspecified atom stereocenters. The molecule has 1 saturated heterocycles. The zero-order chi connectivity index (χ0) is 15.9. The van der Waals surface area contributed by atoms with E-state index in [4.69, 9.17) is 9.47 Å². The van der Waals surface area contributed by atoms with E-state index in [0.29, 0.717) is 18.0 Å². The van der Waals surface area contributed by atoms with Gasteiger partial charge in [0.2, 0.25) is 0 Å². The number of nitrogens with zero attached hydrogens (tertiary/aromatic N) is 1. The van der Waals surface area contributed by atoms with Crippen LogP contribution in [-0.4, -0.2) is 58.0 Å². The molecule has 0 saturated carbocycles. The maximum absolute atomic E-state index is 5.67. The van der Waals surface area contributed by atoms with Crippen molar-refractivity contribution in [3.63, 3.8) is 0 Å². The zero-order valence-corrected chi connectivity index (χ0v) is 14.3. The van der Waals surface area contributed by atoms with Crippen molar-refractivity contribution in [2.45, 2.75) is 31.5 Å². The molecule has 4 heteroatoms. The monoisotopic (exact) mass is 306 g/mol. The van der Waals surface area contributed by atoms with Crippen molar-refractivity contribution in [3.05, 3.63) is 35.9 Å². The number of likely N-dealkylation sites (N-methyl/N-ethyl adjacent to an activating group) is 1. The van der Waals surface area contributed by atoms with Crippen LogP contribution in [0.1, 0.15) is 24.9 Å². The molecule has 1 fully saturated rings. The van der Waals surface area contributed by atoms with E-state index in [9.17, 15) is 0 Å². The number of nitrogens with one attached hydrogen (secondary N) is 1. The van der Waals surface area contributed by atoms with Crippen molar-refractivity contribution in [1.82, 2.24) is 10.2 Å². The van der Waals surface area contributed by atoms with Crippen LogP contribution in [-0.2, 0) is 9.47 Å². The lowest BCUT2D eigenvalue weighted by atomic mass is 9.97. The fourth-order valence-corrected chi connectivity index (χ4v) is 3.39. The van der Waals surface area contributed by atoms with Crippen LogP contribution in [0, 0.1) is 5.92 Å². The average molecular weight is 306 g/mol. The molecule has 1 aliphatic rings. The smallest absolute Gasteiger partial charge is 0.0746 e. The Labute approximate surface area is 134 Å². The molecule has 0 spiro atoms. The Bertz CT molecular complexity index is 418. The first-order valence-corrected chi connectivity index (χ1v) is 8.18. The average Bonchev–Trinajstić information content (AvgIpc) is 3.03. The summed E-state index contributed by atoms with van der Waals surface area (Å²) in [7, 11) is 6.07. The summed E-state index contributed by atoms with van der Waals surface area (Å²) < 4.78 is 11.2. The molecule has 0 aromatic heterocycles. The molecule has 0 aliphatic carbocycles. The highest BCUT2D eigenvalue weighted by molar-refractivity contribution is 5.20. The van der Waals surface area contributed by atoms with Gasteiger partial charge in [0, 0.05) is 38.3 Å². The van der Waals surface area contributed by atoms with E-state index in [1.165, 1.54) is 5.56 Å². The fourth-order valence-electron chi connectivity index (χ4n) is 3.39. The van der Waals surface area contributed by atoms with Crippen molar-refractivity contribution < 1.29 is 9.47 Å². The Hall–Kier alpha value is -0.940. The molecular weight excluding hydrogens is 276 g/mol. The van der Waals surface area contributed by atoms with Crippen LogP contribution in [0.3, 0.4) is 0 Å². The SMILES string of the molecule is COC(CNC(C)C(c1ccccc1)N(C)C)C1CCOC1. The standard InChI is InChI=1S/C18H30N2O2/c1-14(18(20(2)3)15-8-6-5-7-9-15)19-12-17(21-4)16-10-11-22-13-16/h5-9,14,16-19H,10-13H2,1-4H3. The summed E-state index contributed by atoms with van der Waals surface area (Å²) >= 11 is 0. The highest BCUT2D eigenvalue weighted by Gasteiger charge is 2.27. The van der Waals surface area contributed by atoms with Crippen molar-refractivity contribution in [1.29, 1.82) is 0 Å². The first-order valence-electron chi connectivity index (χ1n) is 8.18. The number of rotatable bonds is 8. The number of methoxy groups -OCH3 is 1. The summed E-state index contributed by atoms with van der Waals surface area (Å²) in [6.45, 7) is 4.80. The first-order chi connectivity index (χ1) is 10.6. The molecule has 1 N–H and O–H groups in total. The normalized spacial score (nSPS) is 22.7. The van der Waals surface area contributed by atoms with E-state index in [0.717, 1.165) is 26.2 Å². The van der Waals surface area contributed by atoms with Gasteiger partial charge in [0.1, 0.15) is 0 Å². The lowest BCUT2D eigenvalue weighted by Crippen LogP contribution is -2.44. The molecular formula is C18H30N2O2. The Morgan fingerprint density at radius 3 is 2.59 bits per heavy atom. The third kappa shape index (κ3) is 4.53. The van der Waals surface area contributed by atoms with Crippen LogP contribution in [0.25, 0.3) is 0 Å². The number of hydrogen-bond acceptors (Lipinski definition) is 4. The predicted octanol–water partition coefficient (Wildman–Crippen LogP) is 2.32. The summed E-state index contributed by atoms with van der Waals surface area (Å²) in [5.41, 5.74) is 1.34. The highest BCUT2D eigenvalue weighted by atomic mass is 16.5. The van der Waals surface area contributed by atoms with Crippen molar-refractivity contribution in [2.24, 2.45) is 5.92 Å². The minimum atomic E-state index is 0.225. The van der Waals surface area contributed by atoms with Crippen LogP contribution >= 0.6 is 0 Å². The van der Waals surface area contributed by atoms with Gasteiger partial charge in [-0.1, -0.05) is 30.3 Å². The summed E-state index contributed by atoms with van der Waals surface area (Å²) in [4.78, 5) is 2.27. The van der Waals surface area contributed by atoms with Gasteiger partial charge in [-0.05, 0) is 33.0 Å². The highest BCUT2D eigenvalue weighted by Crippen LogP contribution is 2.23. The lowest BCUT2D eigenvalue weighted by Gasteiger charge is -2.33. The van der Waals surface area contributed by atoms with Crippen molar-refractivity contribution >= 4 is 0 Å². The summed E-state index contributed by atoms with van der Waals surface area (Å²) in [5.74, 6) is 0.513. The number of benzene rings is 1. The van der Waals surface area contributed by atoms with E-state index < -0.39 is 0 Å². The molecule has 1 heterocycles. The third-order valence-corrected chi connectivity index (χ3v) is 4.61. The van der Waals surface area contributed by atoms with Gasteiger partial charge in [-0.2, -0.15) is 0 Å². The zero-order valence-electron chi connectivity index (χ0n) is 14.3. The maximum atomic E-state index is 5.67. The molecule has 0 radical (unpaired) electrons. The minimum Gasteiger partial charge on any atom is -0.381 e. The van der Waals surface area contributed by atoms with Gasteiger partial charge in [0.15, 0.2) is 0 Å². The lowest BCUT2D eigenvalue weighted by molar-refractivity contribution is 0.0415. The minimum absolute atomic E-state index is 0.225. The maximum Gasteiger partial charge on any atom is 0.0746 e. The molecule has 1 aliphatic heterocycles. The Kier molecular flexibility index (Phi) is 6.83. The molecule has 0 bridgehead atoms. The van der Waals surface area contributed by atoms with Gasteiger partial charge in [0.25, 0.3) is 0 Å². The van der Waals surface area contributed by atoms with Gasteiger partial charge in [-0.25, -0.2) is 0 Å². The van der Waals surface area contributed by atoms with Crippen molar-refractivity contribution in [3.8, 4) is 0 Å². The van der Waals surface area contributed by atoms with Crippen LogP contribution in [0.5, 0.6) is 0 Å². The molecule has 0 amide bonds. The van der Waals surface area contributed by atoms with Crippen LogP contribution in [0.2, 0.25) is 0 Å². The molecule has 4 atom stereocenters. The van der Waals surface area contributed by atoms with Crippen LogP contribution in [0.4, 0.5) is 0 Å². The fraction of sp³-hybridized carbons (Fsp3) is 0.667. The van der Waals surface area contributed by atoms with Gasteiger partial charge >= 0.3 is 0 Å². The van der Waals surface area contributed by atoms with Gasteiger partial charge in [0.05, 0.1) is 12.7 Å². The molecule has 1 aromatic rings. The predicted molar refractivity (Wildman–Crippen MR) is 90.1 cm³/mol. The molecule has 4 nitrogen and oxygen atoms in total. The van der Waals surface area contributed by atoms with E-state index in [1.807, 2.05) is 0 Å². The summed E-state index contributed by atoms with van der Waals surface area (Å²) in [6, 6.07) is 11.4. The van der Waals surface area contributed by atoms with E-state index in [-0.39, 0.29) is 6.10 Å². The Balaban J connectivity index is 1.94. The number of ether oxygens (including phenoxy) is 2. The summed E-state index contributed by atoms with van der Waals surface area (Å²) in [5, 5.41) is 3.67. The van der Waals surface area contributed by atoms with Gasteiger partial charge in [-0.15, -0.1) is 0 Å². The molecule has 22 heavy (non-hydrogen) atoms. The van der Waals surface area contributed by atoms with E-state index in [2.05, 4.69) is 61.6 Å². The Morgan fingerprint density at radius 1 is 1.32 bits per heavy atom. The van der Waals surface area contributed by atoms with Crippen LogP contribution in [0.15, 0.2) is 30.3 Å². The van der Waals surface area contributed by atoms with Gasteiger partial charge < -0.3 is 19.7 Å². The second kappa shape index (κ2) is 8.63. The second-order valence-electron chi connectivity index (χ2n) is 6.41. The van der Waals surface area contributed by atoms with E-state index >= 15 is 0 Å². The van der Waals surface area contributed by atoms with Gasteiger partial charge in [-0.3, -0.25) is 0 Å². The third-order valence-electron chi connectivity index (χ3n) is 4.61. The topological polar surface area (TPSA) is 33.7 Å². The van der Waals surface area contributed by atoms with Crippen LogP contribution < -0.4 is 5.32 Å². The van der Waals surface area contributed by atoms with E-state index in [1.54, 1.807) is 7.11 Å². The Morgan fingerprint density at radius 2 is 2.05 bits per heavy atom. The van der Waals surface area contributed by atoms with Crippen molar-refractivity contribution in [2.75, 3.05) is 41.0 Å². The quantitative estimate of drug-likeness (QED) is 0.799. The second-order valence-corrected chi connectivity index (χ2v) is 6.41. The number of hydrogen-bond donors (Lipinski definition) is 1.